The van der Waals surface area contributed by atoms with E-state index >= 15 is 0 Å². The van der Waals surface area contributed by atoms with Crippen LogP contribution < -0.4 is 14.2 Å². The Morgan fingerprint density at radius 2 is 0.783 bits per heavy atom. The minimum atomic E-state index is -1.99. The molecule has 3 atom stereocenters. The van der Waals surface area contributed by atoms with Crippen molar-refractivity contribution in [3.63, 3.8) is 0 Å². The van der Waals surface area contributed by atoms with Crippen LogP contribution in [0.5, 0.6) is 17.2 Å². The third-order valence-electron chi connectivity index (χ3n) is 8.34. The van der Waals surface area contributed by atoms with Crippen molar-refractivity contribution in [3.8, 4) is 53.7 Å². The van der Waals surface area contributed by atoms with Crippen molar-refractivity contribution in [2.75, 3.05) is 39.5 Å². The number of hydrogen-bond donors (Lipinski definition) is 4. The molecule has 3 aromatic rings. The molecule has 0 radical (unpaired) electrons. The molecule has 1 fully saturated rings. The number of nitrogens with zero attached hydrogens (tertiary/aromatic N) is 9. The topological polar surface area (TPSA) is 295 Å². The maximum absolute atomic E-state index is 13.7. The van der Waals surface area contributed by atoms with Crippen molar-refractivity contribution in [3.05, 3.63) is 106 Å². The normalized spacial score (nSPS) is 14.6. The number of ether oxygens (including phenoxy) is 3. The van der Waals surface area contributed by atoms with Gasteiger partial charge < -0.3 is 34.6 Å². The molecule has 18 nitrogen and oxygen atoms in total. The fourth-order valence-corrected chi connectivity index (χ4v) is 5.41. The van der Waals surface area contributed by atoms with E-state index in [-0.39, 0.29) is 47.2 Å². The van der Waals surface area contributed by atoms with Gasteiger partial charge in [0, 0.05) is 0 Å². The summed E-state index contributed by atoms with van der Waals surface area (Å²) >= 11 is 0. The fourth-order valence-electron chi connectivity index (χ4n) is 5.41. The van der Waals surface area contributed by atoms with Gasteiger partial charge in [-0.2, -0.15) is 31.6 Å². The second-order valence-electron chi connectivity index (χ2n) is 12.8. The van der Waals surface area contributed by atoms with Crippen LogP contribution in [-0.2, 0) is 0 Å². The number of aliphatic hydroxyl groups excluding tert-OH is 4. The highest BCUT2D eigenvalue weighted by Gasteiger charge is 2.45. The average Bonchev–Trinajstić information content (AvgIpc) is 3.27. The Kier molecular flexibility index (Phi) is 16.3. The molecule has 3 unspecified atom stereocenters. The number of β-amino-alcohol motifs (C(OH)–C–C–N with tert-alkyl or cyclic N) is 3. The molecule has 4 N–H and O–H groups in total. The highest BCUT2D eigenvalue weighted by Crippen LogP contribution is 2.22. The molecule has 0 bridgehead atoms. The quantitative estimate of drug-likeness (QED) is 0.134. The van der Waals surface area contributed by atoms with Crippen LogP contribution in [0.3, 0.4) is 0 Å². The zero-order valence-corrected chi connectivity index (χ0v) is 31.6. The van der Waals surface area contributed by atoms with Crippen LogP contribution in [0.1, 0.15) is 16.7 Å². The minimum Gasteiger partial charge on any atom is -0.491 e. The smallest absolute Gasteiger partial charge is 0.331 e. The van der Waals surface area contributed by atoms with E-state index in [0.29, 0.717) is 21.6 Å². The molecule has 302 valence electrons. The van der Waals surface area contributed by atoms with E-state index < -0.39 is 63.0 Å². The van der Waals surface area contributed by atoms with Gasteiger partial charge in [0.2, 0.25) is 6.35 Å². The molecular formula is C42H35N9O9. The molecular weight excluding hydrogens is 775 g/mol. The zero-order chi connectivity index (χ0) is 43.6. The lowest BCUT2D eigenvalue weighted by molar-refractivity contribution is -0.118. The summed E-state index contributed by atoms with van der Waals surface area (Å²) in [5.41, 5.74) is 1.31. The Bertz CT molecular complexity index is 2190. The van der Waals surface area contributed by atoms with Crippen molar-refractivity contribution in [1.29, 1.82) is 31.6 Å². The summed E-state index contributed by atoms with van der Waals surface area (Å²) in [4.78, 5) is 29.5. The highest BCUT2D eigenvalue weighted by atomic mass is 16.5. The molecule has 0 spiro atoms. The van der Waals surface area contributed by atoms with E-state index in [4.69, 9.17) is 45.8 Å². The molecule has 1 aliphatic heterocycles. The first kappa shape index (κ1) is 44.5. The van der Waals surface area contributed by atoms with Crippen molar-refractivity contribution in [2.24, 2.45) is 0 Å². The second-order valence-corrected chi connectivity index (χ2v) is 12.8. The number of benzene rings is 3. The Balaban J connectivity index is 1.45. The summed E-state index contributed by atoms with van der Waals surface area (Å²) < 4.78 is 16.9. The molecule has 4 rings (SSSR count). The standard InChI is InChI=1S/C42H35N9O9/c43-16-31(17-44)13-28-1-7-37(8-2-28)58-25-34(52)22-49-40(55)50(23-35(53)26-59-38-9-3-29(4-10-38)14-32(18-45)19-46)42(57)51(41(49)56)24-36(54)27-60-39-11-5-30(6-12-39)15-33(20-47)21-48/h1-15,34-36,40,52-55H,22-27H2. The van der Waals surface area contributed by atoms with E-state index in [1.54, 1.807) is 72.8 Å². The maximum Gasteiger partial charge on any atom is 0.331 e. The summed E-state index contributed by atoms with van der Waals surface area (Å²) in [5.74, 6) is 0.859. The SMILES string of the molecule is N#CC(C#N)=Cc1ccc(OCC(O)CN2C(=O)N(CC(O)COc3ccc(C=C(C#N)C#N)cc3)C(O)N(CC(O)COc3ccc(C=C(C#N)C#N)cc3)C2=O)cc1. The second kappa shape index (κ2) is 21.9. The molecule has 4 amide bonds. The van der Waals surface area contributed by atoms with Gasteiger partial charge in [0.05, 0.1) is 19.6 Å². The molecule has 60 heavy (non-hydrogen) atoms. The van der Waals surface area contributed by atoms with Gasteiger partial charge in [-0.05, 0) is 71.3 Å². The summed E-state index contributed by atoms with van der Waals surface area (Å²) in [5, 5.41) is 97.8. The Morgan fingerprint density at radius 3 is 1.05 bits per heavy atom. The van der Waals surface area contributed by atoms with Gasteiger partial charge >= 0.3 is 12.1 Å². The van der Waals surface area contributed by atoms with Gasteiger partial charge in [0.1, 0.15) is 109 Å². The number of carbonyl (C=O) groups is 2. The third kappa shape index (κ3) is 12.7. The molecule has 0 saturated carbocycles. The fraction of sp³-hybridized carbons (Fsp3) is 0.238. The van der Waals surface area contributed by atoms with Crippen LogP contribution in [-0.4, -0.2) is 111 Å². The number of imide groups is 1. The summed E-state index contributed by atoms with van der Waals surface area (Å²) in [6, 6.07) is 26.9. The number of allylic oxidation sites excluding steroid dienone is 3. The van der Waals surface area contributed by atoms with Crippen molar-refractivity contribution in [2.45, 2.75) is 24.7 Å². The van der Waals surface area contributed by atoms with Crippen LogP contribution in [0.25, 0.3) is 18.2 Å². The predicted octanol–water partition coefficient (Wildman–Crippen LogP) is 3.03. The van der Waals surface area contributed by atoms with Gasteiger partial charge in [-0.25, -0.2) is 14.5 Å². The number of nitriles is 6. The van der Waals surface area contributed by atoms with Gasteiger partial charge in [-0.3, -0.25) is 9.80 Å². The monoisotopic (exact) mass is 809 g/mol. The van der Waals surface area contributed by atoms with Crippen LogP contribution in [0, 0.1) is 68.0 Å². The number of urea groups is 2. The number of hydrogen-bond acceptors (Lipinski definition) is 15. The summed E-state index contributed by atoms with van der Waals surface area (Å²) in [6.07, 6.45) is -2.22. The van der Waals surface area contributed by atoms with Crippen molar-refractivity contribution < 1.29 is 44.2 Å². The number of carbonyl (C=O) groups excluding carboxylic acids is 2. The lowest BCUT2D eigenvalue weighted by atomic mass is 10.1. The molecule has 3 aromatic carbocycles. The van der Waals surface area contributed by atoms with E-state index in [2.05, 4.69) is 0 Å². The number of rotatable bonds is 18. The van der Waals surface area contributed by atoms with Gasteiger partial charge in [0.25, 0.3) is 0 Å². The Hall–Kier alpha value is -8.20. The molecule has 1 saturated heterocycles. The Labute approximate surface area is 344 Å². The first-order valence-corrected chi connectivity index (χ1v) is 17.8. The largest absolute Gasteiger partial charge is 0.491 e. The Morgan fingerprint density at radius 1 is 0.517 bits per heavy atom. The van der Waals surface area contributed by atoms with E-state index in [1.807, 2.05) is 0 Å². The van der Waals surface area contributed by atoms with Crippen molar-refractivity contribution >= 4 is 30.3 Å². The minimum absolute atomic E-state index is 0.105. The number of amides is 4. The van der Waals surface area contributed by atoms with Crippen LogP contribution in [0.4, 0.5) is 9.59 Å². The van der Waals surface area contributed by atoms with E-state index in [9.17, 15) is 30.0 Å². The first-order chi connectivity index (χ1) is 28.9. The molecule has 1 aliphatic rings. The molecule has 1 heterocycles. The highest BCUT2D eigenvalue weighted by molar-refractivity contribution is 5.96. The number of aliphatic hydroxyl groups is 4. The van der Waals surface area contributed by atoms with Crippen LogP contribution in [0.2, 0.25) is 0 Å². The average molecular weight is 810 g/mol. The molecule has 0 aromatic heterocycles. The van der Waals surface area contributed by atoms with Gasteiger partial charge in [-0.1, -0.05) is 36.4 Å². The predicted molar refractivity (Wildman–Crippen MR) is 208 cm³/mol. The third-order valence-corrected chi connectivity index (χ3v) is 8.34. The summed E-state index contributed by atoms with van der Waals surface area (Å²) in [7, 11) is 0. The van der Waals surface area contributed by atoms with E-state index in [0.717, 1.165) is 9.80 Å². The van der Waals surface area contributed by atoms with Gasteiger partial charge in [-0.15, -0.1) is 0 Å². The molecule has 18 heteroatoms. The summed E-state index contributed by atoms with van der Waals surface area (Å²) in [6.45, 7) is -2.97. The lowest BCUT2D eigenvalue weighted by Gasteiger charge is -2.45. The van der Waals surface area contributed by atoms with Crippen LogP contribution in [0.15, 0.2) is 89.5 Å². The maximum atomic E-state index is 13.7. The van der Waals surface area contributed by atoms with Crippen LogP contribution >= 0.6 is 0 Å². The van der Waals surface area contributed by atoms with E-state index in [1.165, 1.54) is 54.6 Å². The molecule has 0 aliphatic carbocycles. The zero-order valence-electron chi connectivity index (χ0n) is 31.6. The van der Waals surface area contributed by atoms with Gasteiger partial charge in [0.15, 0.2) is 0 Å². The van der Waals surface area contributed by atoms with Crippen molar-refractivity contribution in [1.82, 2.24) is 14.7 Å². The first-order valence-electron chi connectivity index (χ1n) is 17.8. The lowest BCUT2D eigenvalue weighted by Crippen LogP contribution is -2.69.